The number of nitrogen functional groups attached to an aromatic ring is 1. The maximum absolute atomic E-state index is 11.9. The predicted molar refractivity (Wildman–Crippen MR) is 90.9 cm³/mol. The minimum absolute atomic E-state index is 0.0897. The molecule has 0 saturated carbocycles. The van der Waals surface area contributed by atoms with Crippen molar-refractivity contribution in [3.63, 3.8) is 0 Å². The van der Waals surface area contributed by atoms with Crippen molar-refractivity contribution in [1.29, 1.82) is 0 Å². The van der Waals surface area contributed by atoms with Gasteiger partial charge in [-0.2, -0.15) is 11.8 Å². The zero-order valence-corrected chi connectivity index (χ0v) is 14.3. The van der Waals surface area contributed by atoms with Crippen LogP contribution in [-0.4, -0.2) is 16.4 Å². The number of hydrogen-bond acceptors (Lipinski definition) is 3. The number of nitrogens with two attached hydrogens (primary N) is 1. The lowest BCUT2D eigenvalue weighted by Crippen LogP contribution is -2.13. The van der Waals surface area contributed by atoms with E-state index in [0.29, 0.717) is 27.8 Å². The lowest BCUT2D eigenvalue weighted by molar-refractivity contribution is -0.116. The zero-order chi connectivity index (χ0) is 15.3. The molecule has 0 unspecified atom stereocenters. The third-order valence-corrected chi connectivity index (χ3v) is 4.37. The number of rotatable bonds is 5. The molecule has 20 heavy (non-hydrogen) atoms. The number of hydrogen-bond donors (Lipinski definition) is 2. The molecule has 112 valence electrons. The van der Waals surface area contributed by atoms with E-state index in [1.165, 1.54) is 0 Å². The zero-order valence-electron chi connectivity index (χ0n) is 11.9. The van der Waals surface area contributed by atoms with Gasteiger partial charge in [-0.25, -0.2) is 0 Å². The van der Waals surface area contributed by atoms with E-state index in [-0.39, 0.29) is 10.7 Å². The molecule has 0 aromatic heterocycles. The highest BCUT2D eigenvalue weighted by molar-refractivity contribution is 8.00. The molecule has 0 aliphatic carbocycles. The average Bonchev–Trinajstić information content (AvgIpc) is 2.28. The van der Waals surface area contributed by atoms with Crippen LogP contribution in [0.1, 0.15) is 33.6 Å². The number of benzene rings is 1. The second kappa shape index (κ2) is 7.43. The largest absolute Gasteiger partial charge is 0.399 e. The second-order valence-corrected chi connectivity index (χ2v) is 8.21. The SMILES string of the molecule is CC(C)(C)SCCCC(=O)Nc1c(Cl)cc(N)cc1Cl. The summed E-state index contributed by atoms with van der Waals surface area (Å²) in [7, 11) is 0. The molecule has 3 nitrogen and oxygen atoms in total. The number of anilines is 2. The van der Waals surface area contributed by atoms with Crippen LogP contribution in [-0.2, 0) is 4.79 Å². The maximum atomic E-state index is 11.9. The highest BCUT2D eigenvalue weighted by Gasteiger charge is 2.13. The van der Waals surface area contributed by atoms with E-state index >= 15 is 0 Å². The Labute approximate surface area is 134 Å². The van der Waals surface area contributed by atoms with Crippen LogP contribution in [0.3, 0.4) is 0 Å². The Kier molecular flexibility index (Phi) is 6.49. The minimum Gasteiger partial charge on any atom is -0.399 e. The van der Waals surface area contributed by atoms with Gasteiger partial charge in [-0.3, -0.25) is 4.79 Å². The van der Waals surface area contributed by atoms with Gasteiger partial charge in [0.05, 0.1) is 15.7 Å². The van der Waals surface area contributed by atoms with Crippen molar-refractivity contribution in [2.45, 2.75) is 38.4 Å². The Balaban J connectivity index is 2.47. The third kappa shape index (κ3) is 6.25. The van der Waals surface area contributed by atoms with Gasteiger partial charge >= 0.3 is 0 Å². The van der Waals surface area contributed by atoms with E-state index in [0.717, 1.165) is 12.2 Å². The van der Waals surface area contributed by atoms with Crippen molar-refractivity contribution in [2.75, 3.05) is 16.8 Å². The summed E-state index contributed by atoms with van der Waals surface area (Å²) < 4.78 is 0.222. The van der Waals surface area contributed by atoms with Gasteiger partial charge in [0.25, 0.3) is 0 Å². The Bertz CT molecular complexity index is 464. The number of carbonyl (C=O) groups is 1. The monoisotopic (exact) mass is 334 g/mol. The summed E-state index contributed by atoms with van der Waals surface area (Å²) in [6.45, 7) is 6.48. The highest BCUT2D eigenvalue weighted by Crippen LogP contribution is 2.33. The topological polar surface area (TPSA) is 55.1 Å². The van der Waals surface area contributed by atoms with Crippen LogP contribution in [0.2, 0.25) is 10.0 Å². The van der Waals surface area contributed by atoms with E-state index < -0.39 is 0 Å². The van der Waals surface area contributed by atoms with Crippen molar-refractivity contribution in [3.05, 3.63) is 22.2 Å². The van der Waals surface area contributed by atoms with E-state index in [1.54, 1.807) is 12.1 Å². The molecule has 0 saturated heterocycles. The Hall–Kier alpha value is -0.580. The molecule has 0 spiro atoms. The molecule has 0 heterocycles. The molecule has 1 amide bonds. The number of nitrogens with one attached hydrogen (secondary N) is 1. The first-order valence-corrected chi connectivity index (χ1v) is 8.11. The summed E-state index contributed by atoms with van der Waals surface area (Å²) in [5.74, 6) is 0.855. The fraction of sp³-hybridized carbons (Fsp3) is 0.500. The van der Waals surface area contributed by atoms with Crippen LogP contribution < -0.4 is 11.1 Å². The van der Waals surface area contributed by atoms with Crippen molar-refractivity contribution >= 4 is 52.2 Å². The fourth-order valence-electron chi connectivity index (χ4n) is 1.53. The summed E-state index contributed by atoms with van der Waals surface area (Å²) in [6.07, 6.45) is 1.26. The first-order chi connectivity index (χ1) is 9.19. The molecular formula is C14H20Cl2N2OS. The van der Waals surface area contributed by atoms with Crippen LogP contribution in [0.25, 0.3) is 0 Å². The van der Waals surface area contributed by atoms with Crippen LogP contribution in [0.4, 0.5) is 11.4 Å². The van der Waals surface area contributed by atoms with Crippen LogP contribution in [0.15, 0.2) is 12.1 Å². The van der Waals surface area contributed by atoms with Crippen molar-refractivity contribution in [1.82, 2.24) is 0 Å². The summed E-state index contributed by atoms with van der Waals surface area (Å²) in [4.78, 5) is 11.9. The van der Waals surface area contributed by atoms with Gasteiger partial charge in [-0.15, -0.1) is 0 Å². The summed E-state index contributed by atoms with van der Waals surface area (Å²) in [5, 5.41) is 3.44. The minimum atomic E-state index is -0.0897. The van der Waals surface area contributed by atoms with Crippen molar-refractivity contribution in [3.8, 4) is 0 Å². The van der Waals surface area contributed by atoms with E-state index in [1.807, 2.05) is 11.8 Å². The molecule has 0 fully saturated rings. The first-order valence-electron chi connectivity index (χ1n) is 6.37. The van der Waals surface area contributed by atoms with Crippen LogP contribution in [0, 0.1) is 0 Å². The normalized spacial score (nSPS) is 11.4. The van der Waals surface area contributed by atoms with Gasteiger partial charge in [0.15, 0.2) is 0 Å². The highest BCUT2D eigenvalue weighted by atomic mass is 35.5. The Morgan fingerprint density at radius 2 is 1.85 bits per heavy atom. The lowest BCUT2D eigenvalue weighted by Gasteiger charge is -2.17. The van der Waals surface area contributed by atoms with E-state index in [2.05, 4.69) is 26.1 Å². The summed E-state index contributed by atoms with van der Waals surface area (Å²) in [5.41, 5.74) is 6.51. The molecule has 1 aromatic carbocycles. The molecule has 0 atom stereocenters. The quantitative estimate of drug-likeness (QED) is 0.599. The fourth-order valence-corrected chi connectivity index (χ4v) is 3.02. The molecule has 0 aliphatic rings. The third-order valence-electron chi connectivity index (χ3n) is 2.41. The molecule has 0 radical (unpaired) electrons. The molecule has 6 heteroatoms. The Morgan fingerprint density at radius 3 is 2.35 bits per heavy atom. The number of carbonyl (C=O) groups excluding carboxylic acids is 1. The van der Waals surface area contributed by atoms with Crippen molar-refractivity contribution < 1.29 is 4.79 Å². The van der Waals surface area contributed by atoms with Gasteiger partial charge in [0.1, 0.15) is 0 Å². The smallest absolute Gasteiger partial charge is 0.224 e. The molecular weight excluding hydrogens is 315 g/mol. The Morgan fingerprint density at radius 1 is 1.30 bits per heavy atom. The van der Waals surface area contributed by atoms with Gasteiger partial charge < -0.3 is 11.1 Å². The van der Waals surface area contributed by atoms with Gasteiger partial charge in [-0.1, -0.05) is 44.0 Å². The van der Waals surface area contributed by atoms with Gasteiger partial charge in [0, 0.05) is 16.9 Å². The summed E-state index contributed by atoms with van der Waals surface area (Å²) in [6, 6.07) is 3.14. The molecule has 3 N–H and O–H groups in total. The predicted octanol–water partition coefficient (Wildman–Crippen LogP) is 4.83. The van der Waals surface area contributed by atoms with Gasteiger partial charge in [0.2, 0.25) is 5.91 Å². The number of thioether (sulfide) groups is 1. The number of halogens is 2. The van der Waals surface area contributed by atoms with Crippen molar-refractivity contribution in [2.24, 2.45) is 0 Å². The van der Waals surface area contributed by atoms with Gasteiger partial charge in [-0.05, 0) is 24.3 Å². The van der Waals surface area contributed by atoms with Crippen LogP contribution >= 0.6 is 35.0 Å². The average molecular weight is 335 g/mol. The van der Waals surface area contributed by atoms with Crippen LogP contribution in [0.5, 0.6) is 0 Å². The molecule has 0 aliphatic heterocycles. The molecule has 0 bridgehead atoms. The molecule has 1 aromatic rings. The standard InChI is InChI=1S/C14H20Cl2N2OS/c1-14(2,3)20-6-4-5-12(19)18-13-10(15)7-9(17)8-11(13)16/h7-8H,4-6,17H2,1-3H3,(H,18,19). The number of amides is 1. The first kappa shape index (κ1) is 17.5. The second-order valence-electron chi connectivity index (χ2n) is 5.47. The van der Waals surface area contributed by atoms with E-state index in [9.17, 15) is 4.79 Å². The molecule has 1 rings (SSSR count). The summed E-state index contributed by atoms with van der Waals surface area (Å²) >= 11 is 13.9. The lowest BCUT2D eigenvalue weighted by atomic mass is 10.2. The maximum Gasteiger partial charge on any atom is 0.224 e. The van der Waals surface area contributed by atoms with E-state index in [4.69, 9.17) is 28.9 Å².